The second-order valence-electron chi connectivity index (χ2n) is 4.10. The molecule has 2 nitrogen and oxygen atoms in total. The Kier molecular flexibility index (Phi) is 4.02. The van der Waals surface area contributed by atoms with Gasteiger partial charge >= 0.3 is 0 Å². The first-order chi connectivity index (χ1) is 8.77. The third-order valence-electron chi connectivity index (χ3n) is 2.73. The molecule has 0 aliphatic rings. The van der Waals surface area contributed by atoms with Gasteiger partial charge in [-0.1, -0.05) is 60.7 Å². The van der Waals surface area contributed by atoms with E-state index in [1.165, 1.54) is 0 Å². The minimum Gasteiger partial charge on any atom is -0.155 e. The van der Waals surface area contributed by atoms with Crippen LogP contribution in [0.15, 0.2) is 70.9 Å². The third-order valence-corrected chi connectivity index (χ3v) is 2.73. The molecule has 2 rings (SSSR count). The van der Waals surface area contributed by atoms with Crippen LogP contribution in [0.1, 0.15) is 25.0 Å². The molecular formula is C16H16N2. The maximum absolute atomic E-state index is 4.28. The topological polar surface area (TPSA) is 24.7 Å². The quantitative estimate of drug-likeness (QED) is 0.570. The summed E-state index contributed by atoms with van der Waals surface area (Å²) in [6, 6.07) is 20.1. The van der Waals surface area contributed by atoms with E-state index < -0.39 is 0 Å². The highest BCUT2D eigenvalue weighted by Gasteiger charge is 1.97. The molecule has 90 valence electrons. The molecule has 18 heavy (non-hydrogen) atoms. The average Bonchev–Trinajstić information content (AvgIpc) is 2.46. The average molecular weight is 236 g/mol. The zero-order valence-corrected chi connectivity index (χ0v) is 10.7. The second kappa shape index (κ2) is 5.92. The van der Waals surface area contributed by atoms with Crippen molar-refractivity contribution in [3.63, 3.8) is 0 Å². The fourth-order valence-electron chi connectivity index (χ4n) is 1.62. The molecule has 0 N–H and O–H groups in total. The molecule has 0 spiro atoms. The summed E-state index contributed by atoms with van der Waals surface area (Å²) in [6.07, 6.45) is 0. The van der Waals surface area contributed by atoms with E-state index in [4.69, 9.17) is 0 Å². The fraction of sp³-hybridized carbons (Fsp3) is 0.125. The van der Waals surface area contributed by atoms with E-state index in [1.807, 2.05) is 74.5 Å². The Labute approximate surface area is 108 Å². The van der Waals surface area contributed by atoms with Crippen LogP contribution in [0.2, 0.25) is 0 Å². The van der Waals surface area contributed by atoms with Crippen molar-refractivity contribution >= 4 is 11.4 Å². The normalized spacial score (nSPS) is 12.6. The second-order valence-corrected chi connectivity index (χ2v) is 4.10. The zero-order chi connectivity index (χ0) is 12.8. The van der Waals surface area contributed by atoms with Crippen molar-refractivity contribution in [3.8, 4) is 0 Å². The van der Waals surface area contributed by atoms with E-state index in [2.05, 4.69) is 10.2 Å². The molecule has 0 aliphatic carbocycles. The fourth-order valence-corrected chi connectivity index (χ4v) is 1.62. The van der Waals surface area contributed by atoms with Gasteiger partial charge in [-0.3, -0.25) is 0 Å². The van der Waals surface area contributed by atoms with Gasteiger partial charge in [-0.25, -0.2) is 0 Å². The Hall–Kier alpha value is -2.22. The van der Waals surface area contributed by atoms with Crippen LogP contribution in [0.4, 0.5) is 0 Å². The first kappa shape index (κ1) is 12.2. The highest BCUT2D eigenvalue weighted by Crippen LogP contribution is 2.04. The molecule has 0 heterocycles. The van der Waals surface area contributed by atoms with Gasteiger partial charge in [0.15, 0.2) is 0 Å². The molecule has 0 saturated heterocycles. The van der Waals surface area contributed by atoms with E-state index >= 15 is 0 Å². The molecule has 0 aromatic heterocycles. The molecule has 2 heteroatoms. The van der Waals surface area contributed by atoms with Crippen molar-refractivity contribution in [1.82, 2.24) is 0 Å². The highest BCUT2D eigenvalue weighted by molar-refractivity contribution is 6.01. The summed E-state index contributed by atoms with van der Waals surface area (Å²) in [5, 5.41) is 8.55. The lowest BCUT2D eigenvalue weighted by molar-refractivity contribution is 1.22. The molecule has 0 aliphatic heterocycles. The monoisotopic (exact) mass is 236 g/mol. The summed E-state index contributed by atoms with van der Waals surface area (Å²) in [5.74, 6) is 0. The lowest BCUT2D eigenvalue weighted by Crippen LogP contribution is -1.96. The predicted molar refractivity (Wildman–Crippen MR) is 77.3 cm³/mol. The summed E-state index contributed by atoms with van der Waals surface area (Å²) >= 11 is 0. The minimum absolute atomic E-state index is 0.922. The van der Waals surface area contributed by atoms with Crippen molar-refractivity contribution in [1.29, 1.82) is 0 Å². The van der Waals surface area contributed by atoms with Crippen LogP contribution in [0.25, 0.3) is 0 Å². The van der Waals surface area contributed by atoms with Crippen molar-refractivity contribution in [2.45, 2.75) is 13.8 Å². The molecular weight excluding hydrogens is 220 g/mol. The van der Waals surface area contributed by atoms with Gasteiger partial charge in [-0.05, 0) is 25.0 Å². The Balaban J connectivity index is 2.20. The van der Waals surface area contributed by atoms with Crippen LogP contribution in [-0.4, -0.2) is 11.4 Å². The van der Waals surface area contributed by atoms with Gasteiger partial charge in [-0.15, -0.1) is 0 Å². The van der Waals surface area contributed by atoms with Crippen molar-refractivity contribution < 1.29 is 0 Å². The van der Waals surface area contributed by atoms with Crippen LogP contribution in [0.5, 0.6) is 0 Å². The zero-order valence-electron chi connectivity index (χ0n) is 10.7. The maximum atomic E-state index is 4.28. The van der Waals surface area contributed by atoms with Crippen molar-refractivity contribution in [2.75, 3.05) is 0 Å². The molecule has 0 amide bonds. The number of hydrogen-bond acceptors (Lipinski definition) is 2. The van der Waals surface area contributed by atoms with Crippen LogP contribution < -0.4 is 0 Å². The summed E-state index contributed by atoms with van der Waals surface area (Å²) in [7, 11) is 0. The molecule has 0 fully saturated rings. The van der Waals surface area contributed by atoms with Gasteiger partial charge in [0.25, 0.3) is 0 Å². The van der Waals surface area contributed by atoms with E-state index in [0.29, 0.717) is 0 Å². The van der Waals surface area contributed by atoms with Gasteiger partial charge < -0.3 is 0 Å². The van der Waals surface area contributed by atoms with Gasteiger partial charge in [0.2, 0.25) is 0 Å². The molecule has 2 aromatic carbocycles. The summed E-state index contributed by atoms with van der Waals surface area (Å²) in [6.45, 7) is 3.94. The molecule has 0 bridgehead atoms. The first-order valence-corrected chi connectivity index (χ1v) is 5.97. The Morgan fingerprint density at radius 3 is 1.28 bits per heavy atom. The van der Waals surface area contributed by atoms with Gasteiger partial charge in [0.05, 0.1) is 11.4 Å². The third kappa shape index (κ3) is 3.14. The summed E-state index contributed by atoms with van der Waals surface area (Å²) in [4.78, 5) is 0. The van der Waals surface area contributed by atoms with Crippen LogP contribution in [0.3, 0.4) is 0 Å². The Bertz CT molecular complexity index is 501. The number of nitrogens with zero attached hydrogens (tertiary/aromatic N) is 2. The lowest BCUT2D eigenvalue weighted by Gasteiger charge is -1.99. The molecule has 0 atom stereocenters. The number of hydrogen-bond donors (Lipinski definition) is 0. The first-order valence-electron chi connectivity index (χ1n) is 5.97. The SMILES string of the molecule is C/C(=N\N=C(/C)c1ccccc1)c1ccccc1. The van der Waals surface area contributed by atoms with Gasteiger partial charge in [0.1, 0.15) is 0 Å². The van der Waals surface area contributed by atoms with Crippen LogP contribution in [0, 0.1) is 0 Å². The van der Waals surface area contributed by atoms with E-state index in [-0.39, 0.29) is 0 Å². The van der Waals surface area contributed by atoms with Gasteiger partial charge in [0, 0.05) is 0 Å². The maximum Gasteiger partial charge on any atom is 0.0671 e. The standard InChI is InChI=1S/C16H16N2/c1-13(15-9-5-3-6-10-15)17-18-14(2)16-11-7-4-8-12-16/h3-12H,1-2H3/b17-13+,18-14+. The smallest absolute Gasteiger partial charge is 0.0671 e. The van der Waals surface area contributed by atoms with E-state index in [0.717, 1.165) is 22.6 Å². The van der Waals surface area contributed by atoms with Crippen molar-refractivity contribution in [2.24, 2.45) is 10.2 Å². The largest absolute Gasteiger partial charge is 0.155 e. The number of benzene rings is 2. The van der Waals surface area contributed by atoms with E-state index in [9.17, 15) is 0 Å². The van der Waals surface area contributed by atoms with E-state index in [1.54, 1.807) is 0 Å². The highest BCUT2D eigenvalue weighted by atomic mass is 15.2. The Morgan fingerprint density at radius 2 is 0.944 bits per heavy atom. The number of rotatable bonds is 3. The molecule has 2 aromatic rings. The minimum atomic E-state index is 0.922. The van der Waals surface area contributed by atoms with Crippen molar-refractivity contribution in [3.05, 3.63) is 71.8 Å². The summed E-state index contributed by atoms with van der Waals surface area (Å²) < 4.78 is 0. The molecule has 0 unspecified atom stereocenters. The van der Waals surface area contributed by atoms with Gasteiger partial charge in [-0.2, -0.15) is 10.2 Å². The predicted octanol–water partition coefficient (Wildman–Crippen LogP) is 3.92. The van der Waals surface area contributed by atoms with Crippen LogP contribution in [-0.2, 0) is 0 Å². The lowest BCUT2D eigenvalue weighted by atomic mass is 10.1. The Morgan fingerprint density at radius 1 is 0.611 bits per heavy atom. The molecule has 0 saturated carbocycles. The summed E-state index contributed by atoms with van der Waals surface area (Å²) in [5.41, 5.74) is 4.04. The van der Waals surface area contributed by atoms with Crippen LogP contribution >= 0.6 is 0 Å². The molecule has 0 radical (unpaired) electrons.